The van der Waals surface area contributed by atoms with Crippen LogP contribution in [0.3, 0.4) is 0 Å². The van der Waals surface area contributed by atoms with Crippen LogP contribution < -0.4 is 11.4 Å². The van der Waals surface area contributed by atoms with Crippen molar-refractivity contribution in [2.24, 2.45) is 0 Å². The summed E-state index contributed by atoms with van der Waals surface area (Å²) in [6, 6.07) is 18.0. The van der Waals surface area contributed by atoms with Crippen molar-refractivity contribution in [1.29, 1.82) is 5.26 Å². The van der Waals surface area contributed by atoms with Crippen molar-refractivity contribution in [3.8, 4) is 28.8 Å². The van der Waals surface area contributed by atoms with Gasteiger partial charge in [0.25, 0.3) is 0 Å². The van der Waals surface area contributed by atoms with E-state index in [1.54, 1.807) is 24.3 Å². The number of carbonyl (C=O) groups excluding carboxylic acids is 1. The predicted octanol–water partition coefficient (Wildman–Crippen LogP) is 3.07. The molecule has 5 rings (SSSR count). The van der Waals surface area contributed by atoms with Gasteiger partial charge in [-0.15, -0.1) is 5.10 Å². The molecule has 0 aliphatic heterocycles. The number of hydrogen-bond acceptors (Lipinski definition) is 8. The van der Waals surface area contributed by atoms with Crippen molar-refractivity contribution >= 4 is 22.6 Å². The molecule has 5 aromatic rings. The zero-order chi connectivity index (χ0) is 23.8. The normalized spacial score (nSPS) is 10.8. The van der Waals surface area contributed by atoms with E-state index in [4.69, 9.17) is 14.9 Å². The van der Waals surface area contributed by atoms with E-state index < -0.39 is 11.6 Å². The molecule has 0 amide bonds. The van der Waals surface area contributed by atoms with E-state index in [9.17, 15) is 14.9 Å². The van der Waals surface area contributed by atoms with Crippen LogP contribution in [0.4, 0.5) is 5.69 Å². The van der Waals surface area contributed by atoms with Gasteiger partial charge in [0.1, 0.15) is 18.0 Å². The maximum absolute atomic E-state index is 12.8. The summed E-state index contributed by atoms with van der Waals surface area (Å²) in [6.45, 7) is 0. The maximum atomic E-state index is 12.8. The van der Waals surface area contributed by atoms with E-state index in [0.29, 0.717) is 16.9 Å². The summed E-state index contributed by atoms with van der Waals surface area (Å²) in [5.41, 5.74) is 7.23. The summed E-state index contributed by atoms with van der Waals surface area (Å²) >= 11 is 0. The van der Waals surface area contributed by atoms with Crippen LogP contribution in [0.5, 0.6) is 0 Å². The number of methoxy groups -OCH3 is 1. The Morgan fingerprint density at radius 1 is 1.18 bits per heavy atom. The van der Waals surface area contributed by atoms with Gasteiger partial charge in [-0.25, -0.2) is 19.3 Å². The van der Waals surface area contributed by atoms with Gasteiger partial charge in [-0.05, 0) is 18.2 Å². The average molecular weight is 452 g/mol. The Morgan fingerprint density at radius 3 is 2.71 bits per heavy atom. The second-order valence-corrected chi connectivity index (χ2v) is 7.30. The molecule has 0 radical (unpaired) electrons. The van der Waals surface area contributed by atoms with Crippen molar-refractivity contribution in [3.63, 3.8) is 0 Å². The summed E-state index contributed by atoms with van der Waals surface area (Å²) in [5.74, 6) is -0.222. The van der Waals surface area contributed by atoms with E-state index in [-0.39, 0.29) is 28.2 Å². The Kier molecular flexibility index (Phi) is 4.92. The lowest BCUT2D eigenvalue weighted by Crippen LogP contribution is -2.12. The number of nitrogens with two attached hydrogens (primary N) is 1. The van der Waals surface area contributed by atoms with Crippen molar-refractivity contribution in [2.75, 3.05) is 12.8 Å². The number of esters is 1. The van der Waals surface area contributed by atoms with Crippen LogP contribution in [0.2, 0.25) is 0 Å². The molecule has 0 spiro atoms. The molecule has 0 fully saturated rings. The van der Waals surface area contributed by atoms with Gasteiger partial charge in [-0.1, -0.05) is 30.3 Å². The van der Waals surface area contributed by atoms with E-state index in [2.05, 4.69) is 10.1 Å². The first-order valence-corrected chi connectivity index (χ1v) is 10.0. The van der Waals surface area contributed by atoms with Gasteiger partial charge in [0.2, 0.25) is 0 Å². The topological polar surface area (TPSA) is 142 Å². The van der Waals surface area contributed by atoms with E-state index in [1.165, 1.54) is 28.9 Å². The van der Waals surface area contributed by atoms with Crippen molar-refractivity contribution in [1.82, 2.24) is 19.3 Å². The minimum atomic E-state index is -0.698. The van der Waals surface area contributed by atoms with Gasteiger partial charge >= 0.3 is 11.6 Å². The van der Waals surface area contributed by atoms with Gasteiger partial charge in [-0.2, -0.15) is 5.26 Å². The molecule has 34 heavy (non-hydrogen) atoms. The Hall–Kier alpha value is -5.17. The third kappa shape index (κ3) is 3.37. The molecule has 0 atom stereocenters. The summed E-state index contributed by atoms with van der Waals surface area (Å²) in [7, 11) is 1.22. The monoisotopic (exact) mass is 452 g/mol. The number of nitrogens with zero attached hydrogens (tertiary/aromatic N) is 5. The number of nitriles is 1. The Balaban J connectivity index is 1.59. The molecule has 0 aliphatic rings. The standard InChI is InChI=1S/C24H16N6O4/c1-33-24(32)21-20(26)16(11-25)12-29(21)17-8-7-15-9-18(23(31)34-19(15)10-17)30-13-27-22(28-30)14-5-3-2-4-6-14/h2-10,12-13H,26H2,1H3. The third-order valence-corrected chi connectivity index (χ3v) is 5.29. The zero-order valence-corrected chi connectivity index (χ0v) is 17.8. The molecule has 10 nitrogen and oxygen atoms in total. The molecule has 0 unspecified atom stereocenters. The maximum Gasteiger partial charge on any atom is 0.362 e. The predicted molar refractivity (Wildman–Crippen MR) is 123 cm³/mol. The molecular weight excluding hydrogens is 436 g/mol. The van der Waals surface area contributed by atoms with Crippen LogP contribution in [0.25, 0.3) is 33.7 Å². The second kappa shape index (κ2) is 8.07. The molecule has 0 saturated carbocycles. The summed E-state index contributed by atoms with van der Waals surface area (Å²) in [4.78, 5) is 29.3. The van der Waals surface area contributed by atoms with Crippen LogP contribution in [-0.4, -0.2) is 32.4 Å². The van der Waals surface area contributed by atoms with Crippen LogP contribution >= 0.6 is 0 Å². The second-order valence-electron chi connectivity index (χ2n) is 7.30. The molecule has 2 N–H and O–H groups in total. The summed E-state index contributed by atoms with van der Waals surface area (Å²) in [5, 5.41) is 14.3. The SMILES string of the molecule is COC(=O)c1c(N)c(C#N)cn1-c1ccc2cc(-n3cnc(-c4ccccc4)n3)c(=O)oc2c1. The number of rotatable bonds is 4. The van der Waals surface area contributed by atoms with Crippen LogP contribution in [0, 0.1) is 11.3 Å². The molecule has 0 aliphatic carbocycles. The Labute approximate surface area is 192 Å². The van der Waals surface area contributed by atoms with Gasteiger partial charge in [-0.3, -0.25) is 0 Å². The highest BCUT2D eigenvalue weighted by Crippen LogP contribution is 2.27. The first-order valence-electron chi connectivity index (χ1n) is 10.0. The number of nitrogen functional groups attached to an aromatic ring is 1. The minimum Gasteiger partial charge on any atom is -0.464 e. The summed E-state index contributed by atoms with van der Waals surface area (Å²) in [6.07, 6.45) is 2.87. The quantitative estimate of drug-likeness (QED) is 0.324. The van der Waals surface area contributed by atoms with Crippen molar-refractivity contribution in [3.05, 3.63) is 88.8 Å². The highest BCUT2D eigenvalue weighted by molar-refractivity contribution is 5.96. The first kappa shape index (κ1) is 20.7. The van der Waals surface area contributed by atoms with E-state index >= 15 is 0 Å². The Bertz CT molecular complexity index is 1660. The fourth-order valence-electron chi connectivity index (χ4n) is 3.62. The lowest BCUT2D eigenvalue weighted by atomic mass is 10.2. The molecule has 10 heteroatoms. The number of anilines is 1. The third-order valence-electron chi connectivity index (χ3n) is 5.29. The van der Waals surface area contributed by atoms with Crippen LogP contribution in [0.1, 0.15) is 16.1 Å². The number of aromatic nitrogens is 4. The molecule has 3 heterocycles. The molecule has 0 saturated heterocycles. The Morgan fingerprint density at radius 2 is 1.97 bits per heavy atom. The highest BCUT2D eigenvalue weighted by Gasteiger charge is 2.22. The average Bonchev–Trinajstić information content (AvgIpc) is 3.48. The molecule has 0 bridgehead atoms. The molecule has 166 valence electrons. The largest absolute Gasteiger partial charge is 0.464 e. The smallest absolute Gasteiger partial charge is 0.362 e. The lowest BCUT2D eigenvalue weighted by molar-refractivity contribution is 0.0593. The number of fused-ring (bicyclic) bond motifs is 1. The van der Waals surface area contributed by atoms with E-state index in [1.807, 2.05) is 36.4 Å². The summed E-state index contributed by atoms with van der Waals surface area (Å²) < 4.78 is 13.1. The lowest BCUT2D eigenvalue weighted by Gasteiger charge is -2.09. The van der Waals surface area contributed by atoms with Crippen LogP contribution in [0.15, 0.2) is 76.3 Å². The number of benzene rings is 2. The minimum absolute atomic E-state index is 0.00616. The molecular formula is C24H16N6O4. The van der Waals surface area contributed by atoms with Crippen molar-refractivity contribution in [2.45, 2.75) is 0 Å². The fraction of sp³-hybridized carbons (Fsp3) is 0.0417. The fourth-order valence-corrected chi connectivity index (χ4v) is 3.62. The first-order chi connectivity index (χ1) is 16.5. The molecule has 2 aromatic carbocycles. The van der Waals surface area contributed by atoms with Gasteiger partial charge < -0.3 is 19.5 Å². The zero-order valence-electron chi connectivity index (χ0n) is 17.8. The molecule has 3 aromatic heterocycles. The number of ether oxygens (including phenoxy) is 1. The number of carbonyl (C=O) groups is 1. The number of hydrogen-bond donors (Lipinski definition) is 1. The highest BCUT2D eigenvalue weighted by atomic mass is 16.5. The van der Waals surface area contributed by atoms with Crippen LogP contribution in [-0.2, 0) is 4.74 Å². The van der Waals surface area contributed by atoms with Gasteiger partial charge in [0.15, 0.2) is 17.2 Å². The van der Waals surface area contributed by atoms with Crippen molar-refractivity contribution < 1.29 is 13.9 Å². The van der Waals surface area contributed by atoms with E-state index in [0.717, 1.165) is 5.56 Å². The van der Waals surface area contributed by atoms with Gasteiger partial charge in [0.05, 0.1) is 18.4 Å². The van der Waals surface area contributed by atoms with Gasteiger partial charge in [0, 0.05) is 28.9 Å².